The van der Waals surface area contributed by atoms with E-state index in [1.54, 1.807) is 24.4 Å². The standard InChI is InChI=1S/C8H8BNO2/c11-9(12)7-2-1-3-8-6(7)4-5-10-8/h1-5,7,11-12H/t7-/m1/s1. The summed E-state index contributed by atoms with van der Waals surface area (Å²) in [5.41, 5.74) is 1.71. The highest BCUT2D eigenvalue weighted by Gasteiger charge is 2.29. The van der Waals surface area contributed by atoms with Crippen molar-refractivity contribution < 1.29 is 10.0 Å². The van der Waals surface area contributed by atoms with Crippen LogP contribution in [0.25, 0.3) is 0 Å². The highest BCUT2D eigenvalue weighted by molar-refractivity contribution is 6.45. The molecule has 0 saturated heterocycles. The van der Waals surface area contributed by atoms with Gasteiger partial charge in [-0.2, -0.15) is 0 Å². The van der Waals surface area contributed by atoms with Crippen LogP contribution >= 0.6 is 0 Å². The van der Waals surface area contributed by atoms with Gasteiger partial charge in [0, 0.05) is 12.0 Å². The third kappa shape index (κ3) is 1.05. The molecule has 4 heteroatoms. The van der Waals surface area contributed by atoms with E-state index in [-0.39, 0.29) is 5.82 Å². The lowest BCUT2D eigenvalue weighted by Crippen LogP contribution is -2.21. The Kier molecular flexibility index (Phi) is 1.71. The molecule has 0 spiro atoms. The van der Waals surface area contributed by atoms with Crippen LogP contribution in [0.15, 0.2) is 40.6 Å². The van der Waals surface area contributed by atoms with Gasteiger partial charge in [0.25, 0.3) is 0 Å². The van der Waals surface area contributed by atoms with Gasteiger partial charge >= 0.3 is 7.12 Å². The van der Waals surface area contributed by atoms with Crippen LogP contribution in [0.1, 0.15) is 0 Å². The number of hydrogen-bond donors (Lipinski definition) is 2. The van der Waals surface area contributed by atoms with Gasteiger partial charge in [0.2, 0.25) is 0 Å². The molecule has 1 heterocycles. The zero-order valence-electron chi connectivity index (χ0n) is 6.38. The van der Waals surface area contributed by atoms with E-state index in [0.717, 1.165) is 11.3 Å². The van der Waals surface area contributed by atoms with Crippen molar-refractivity contribution in [2.24, 2.45) is 4.99 Å². The number of fused-ring (bicyclic) bond motifs is 1. The summed E-state index contributed by atoms with van der Waals surface area (Å²) in [4.78, 5) is 4.06. The predicted octanol–water partition coefficient (Wildman–Crippen LogP) is 0.294. The molecule has 3 nitrogen and oxygen atoms in total. The van der Waals surface area contributed by atoms with Crippen LogP contribution in [-0.2, 0) is 0 Å². The minimum Gasteiger partial charge on any atom is -0.426 e. The van der Waals surface area contributed by atoms with Crippen molar-refractivity contribution in [3.63, 3.8) is 0 Å². The summed E-state index contributed by atoms with van der Waals surface area (Å²) in [7, 11) is -1.34. The van der Waals surface area contributed by atoms with Crippen LogP contribution in [0.5, 0.6) is 0 Å². The van der Waals surface area contributed by atoms with Crippen LogP contribution in [0.4, 0.5) is 0 Å². The Hall–Kier alpha value is -1.13. The molecule has 0 unspecified atom stereocenters. The summed E-state index contributed by atoms with van der Waals surface area (Å²) >= 11 is 0. The van der Waals surface area contributed by atoms with Crippen molar-refractivity contribution in [2.75, 3.05) is 0 Å². The summed E-state index contributed by atoms with van der Waals surface area (Å²) in [5.74, 6) is -0.326. The van der Waals surface area contributed by atoms with Gasteiger partial charge in [0.05, 0.1) is 5.70 Å². The van der Waals surface area contributed by atoms with Crippen LogP contribution in [-0.4, -0.2) is 23.4 Å². The lowest BCUT2D eigenvalue weighted by molar-refractivity contribution is 0.400. The third-order valence-corrected chi connectivity index (χ3v) is 2.02. The number of aliphatic imine (C=N–C) groups is 1. The zero-order chi connectivity index (χ0) is 8.55. The first-order chi connectivity index (χ1) is 5.79. The monoisotopic (exact) mass is 161 g/mol. The van der Waals surface area contributed by atoms with E-state index in [1.807, 2.05) is 6.08 Å². The van der Waals surface area contributed by atoms with Crippen LogP contribution in [0, 0.1) is 0 Å². The first-order valence-electron chi connectivity index (χ1n) is 3.78. The van der Waals surface area contributed by atoms with Gasteiger partial charge in [-0.05, 0) is 17.7 Å². The largest absolute Gasteiger partial charge is 0.463 e. The molecular weight excluding hydrogens is 153 g/mol. The number of nitrogens with zero attached hydrogens (tertiary/aromatic N) is 1. The summed E-state index contributed by atoms with van der Waals surface area (Å²) < 4.78 is 0. The normalized spacial score (nSPS) is 25.0. The molecule has 1 aliphatic heterocycles. The fraction of sp³-hybridized carbons (Fsp3) is 0.125. The second kappa shape index (κ2) is 2.73. The third-order valence-electron chi connectivity index (χ3n) is 2.02. The molecule has 1 aliphatic carbocycles. The number of allylic oxidation sites excluding steroid dienone is 5. The van der Waals surface area contributed by atoms with E-state index < -0.39 is 7.12 Å². The summed E-state index contributed by atoms with van der Waals surface area (Å²) in [6, 6.07) is 0. The average molecular weight is 161 g/mol. The maximum atomic E-state index is 9.00. The Bertz CT molecular complexity index is 315. The van der Waals surface area contributed by atoms with Crippen molar-refractivity contribution in [3.8, 4) is 0 Å². The Balaban J connectivity index is 2.33. The van der Waals surface area contributed by atoms with Gasteiger partial charge in [-0.3, -0.25) is 4.99 Å². The molecule has 2 N–H and O–H groups in total. The Morgan fingerprint density at radius 2 is 2.17 bits per heavy atom. The van der Waals surface area contributed by atoms with Gasteiger partial charge in [-0.15, -0.1) is 0 Å². The van der Waals surface area contributed by atoms with Crippen molar-refractivity contribution in [3.05, 3.63) is 35.6 Å². The average Bonchev–Trinajstić information content (AvgIpc) is 2.49. The highest BCUT2D eigenvalue weighted by Crippen LogP contribution is 2.33. The van der Waals surface area contributed by atoms with Gasteiger partial charge < -0.3 is 10.0 Å². The van der Waals surface area contributed by atoms with Gasteiger partial charge in [0.15, 0.2) is 0 Å². The van der Waals surface area contributed by atoms with E-state index in [4.69, 9.17) is 10.0 Å². The Morgan fingerprint density at radius 3 is 2.92 bits per heavy atom. The number of rotatable bonds is 1. The molecule has 0 saturated carbocycles. The van der Waals surface area contributed by atoms with Gasteiger partial charge in [-0.25, -0.2) is 0 Å². The first kappa shape index (κ1) is 7.52. The van der Waals surface area contributed by atoms with E-state index in [2.05, 4.69) is 4.99 Å². The van der Waals surface area contributed by atoms with Gasteiger partial charge in [0.1, 0.15) is 0 Å². The molecule has 12 heavy (non-hydrogen) atoms. The molecule has 0 aromatic heterocycles. The van der Waals surface area contributed by atoms with E-state index in [1.165, 1.54) is 0 Å². The maximum Gasteiger partial charge on any atom is 0.463 e. The fourth-order valence-electron chi connectivity index (χ4n) is 1.41. The molecule has 0 fully saturated rings. The van der Waals surface area contributed by atoms with Crippen molar-refractivity contribution in [2.45, 2.75) is 5.82 Å². The molecule has 1 atom stereocenters. The lowest BCUT2D eigenvalue weighted by atomic mass is 9.66. The molecule has 0 radical (unpaired) electrons. The summed E-state index contributed by atoms with van der Waals surface area (Å²) in [5, 5.41) is 18.0. The minimum atomic E-state index is -1.34. The quantitative estimate of drug-likeness (QED) is 0.543. The lowest BCUT2D eigenvalue weighted by Gasteiger charge is -2.16. The smallest absolute Gasteiger partial charge is 0.426 e. The molecule has 0 bridgehead atoms. The molecule has 0 aromatic rings. The minimum absolute atomic E-state index is 0.326. The van der Waals surface area contributed by atoms with Crippen molar-refractivity contribution >= 4 is 13.3 Å². The maximum absolute atomic E-state index is 9.00. The molecule has 60 valence electrons. The predicted molar refractivity (Wildman–Crippen MR) is 47.7 cm³/mol. The van der Waals surface area contributed by atoms with Crippen LogP contribution in [0.3, 0.4) is 0 Å². The molecule has 2 aliphatic rings. The van der Waals surface area contributed by atoms with Crippen LogP contribution in [0.2, 0.25) is 5.82 Å². The van der Waals surface area contributed by atoms with Crippen LogP contribution < -0.4 is 0 Å². The number of hydrogen-bond acceptors (Lipinski definition) is 3. The molecule has 0 aromatic carbocycles. The molecular formula is C8H8BNO2. The van der Waals surface area contributed by atoms with Crippen molar-refractivity contribution in [1.82, 2.24) is 0 Å². The Morgan fingerprint density at radius 1 is 1.33 bits per heavy atom. The zero-order valence-corrected chi connectivity index (χ0v) is 6.38. The van der Waals surface area contributed by atoms with E-state index in [0.29, 0.717) is 0 Å². The molecule has 0 amide bonds. The molecule has 2 rings (SSSR count). The topological polar surface area (TPSA) is 52.8 Å². The second-order valence-corrected chi connectivity index (χ2v) is 2.78. The summed E-state index contributed by atoms with van der Waals surface area (Å²) in [6.45, 7) is 0. The second-order valence-electron chi connectivity index (χ2n) is 2.78. The Labute approximate surface area is 70.6 Å². The van der Waals surface area contributed by atoms with E-state index in [9.17, 15) is 0 Å². The first-order valence-corrected chi connectivity index (χ1v) is 3.78. The SMILES string of the molecule is OB(O)[C@@H]1C=CC=C2N=CC=C21. The van der Waals surface area contributed by atoms with Crippen molar-refractivity contribution in [1.29, 1.82) is 0 Å². The fourth-order valence-corrected chi connectivity index (χ4v) is 1.41. The van der Waals surface area contributed by atoms with Gasteiger partial charge in [-0.1, -0.05) is 12.2 Å². The highest BCUT2D eigenvalue weighted by atomic mass is 16.4. The van der Waals surface area contributed by atoms with E-state index >= 15 is 0 Å². The summed E-state index contributed by atoms with van der Waals surface area (Å²) in [6.07, 6.45) is 8.88.